The quantitative estimate of drug-likeness (QED) is 0.447. The van der Waals surface area contributed by atoms with Crippen LogP contribution in [0.1, 0.15) is 0 Å². The summed E-state index contributed by atoms with van der Waals surface area (Å²) in [6, 6.07) is 22.5. The van der Waals surface area contributed by atoms with Crippen molar-refractivity contribution in [2.24, 2.45) is 0 Å². The summed E-state index contributed by atoms with van der Waals surface area (Å²) in [4.78, 5) is 10.9. The number of nitrogens with zero attached hydrogens (tertiary/aromatic N) is 3. The van der Waals surface area contributed by atoms with Crippen LogP contribution in [0.2, 0.25) is 0 Å². The van der Waals surface area contributed by atoms with E-state index in [1.807, 2.05) is 44.4 Å². The molecule has 0 unspecified atom stereocenters. The van der Waals surface area contributed by atoms with E-state index in [1.54, 1.807) is 0 Å². The number of aromatic nitrogens is 2. The molecule has 0 spiro atoms. The molecule has 0 aliphatic rings. The van der Waals surface area contributed by atoms with Gasteiger partial charge in [-0.05, 0) is 53.6 Å². The van der Waals surface area contributed by atoms with Gasteiger partial charge in [0.25, 0.3) is 0 Å². The van der Waals surface area contributed by atoms with Gasteiger partial charge in [-0.15, -0.1) is 0 Å². The molecular weight excluding hydrogens is 414 g/mol. The van der Waals surface area contributed by atoms with Crippen molar-refractivity contribution >= 4 is 50.0 Å². The molecule has 0 radical (unpaired) electrons. The monoisotopic (exact) mass is 433 g/mol. The maximum atomic E-state index is 5.93. The van der Waals surface area contributed by atoms with Crippen LogP contribution in [0, 0.1) is 0 Å². The lowest BCUT2D eigenvalue weighted by atomic mass is 10.0. The van der Waals surface area contributed by atoms with Gasteiger partial charge < -0.3 is 16.0 Å². The third-order valence-electron chi connectivity index (χ3n) is 4.50. The first-order valence-electron chi connectivity index (χ1n) is 8.87. The molecule has 5 nitrogen and oxygen atoms in total. The Labute approximate surface area is 172 Å². The Balaban J connectivity index is 1.82. The molecule has 4 rings (SSSR count). The second-order valence-electron chi connectivity index (χ2n) is 6.74. The normalized spacial score (nSPS) is 10.8. The van der Waals surface area contributed by atoms with Gasteiger partial charge in [0.1, 0.15) is 5.82 Å². The molecule has 140 valence electrons. The Kier molecular flexibility index (Phi) is 4.88. The lowest BCUT2D eigenvalue weighted by Gasteiger charge is -2.14. The van der Waals surface area contributed by atoms with Crippen LogP contribution in [0.5, 0.6) is 0 Å². The number of benzene rings is 3. The molecule has 0 aliphatic carbocycles. The van der Waals surface area contributed by atoms with Crippen molar-refractivity contribution in [1.29, 1.82) is 0 Å². The third kappa shape index (κ3) is 3.77. The number of fused-ring (bicyclic) bond motifs is 1. The van der Waals surface area contributed by atoms with E-state index in [1.165, 1.54) is 0 Å². The second-order valence-corrected chi connectivity index (χ2v) is 7.66. The van der Waals surface area contributed by atoms with Gasteiger partial charge in [-0.3, -0.25) is 0 Å². The summed E-state index contributed by atoms with van der Waals surface area (Å²) in [6.45, 7) is 0. The minimum Gasteiger partial charge on any atom is -0.378 e. The van der Waals surface area contributed by atoms with Gasteiger partial charge in [-0.2, -0.15) is 4.98 Å². The Morgan fingerprint density at radius 1 is 0.893 bits per heavy atom. The van der Waals surface area contributed by atoms with Gasteiger partial charge in [0.05, 0.1) is 5.52 Å². The number of anilines is 4. The van der Waals surface area contributed by atoms with E-state index < -0.39 is 0 Å². The largest absolute Gasteiger partial charge is 0.378 e. The molecule has 4 aromatic rings. The Morgan fingerprint density at radius 3 is 2.46 bits per heavy atom. The molecule has 28 heavy (non-hydrogen) atoms. The highest BCUT2D eigenvalue weighted by Gasteiger charge is 2.10. The minimum absolute atomic E-state index is 0.243. The molecule has 0 aliphatic heterocycles. The van der Waals surface area contributed by atoms with E-state index in [-0.39, 0.29) is 5.95 Å². The molecule has 0 bridgehead atoms. The zero-order valence-electron chi connectivity index (χ0n) is 15.6. The third-order valence-corrected chi connectivity index (χ3v) is 4.99. The molecule has 0 amide bonds. The van der Waals surface area contributed by atoms with E-state index >= 15 is 0 Å². The maximum Gasteiger partial charge on any atom is 0.222 e. The average molecular weight is 434 g/mol. The number of nitrogens with two attached hydrogens (primary N) is 1. The fourth-order valence-corrected chi connectivity index (χ4v) is 3.49. The molecule has 6 heteroatoms. The molecule has 3 aromatic carbocycles. The van der Waals surface area contributed by atoms with E-state index in [4.69, 9.17) is 5.73 Å². The topological polar surface area (TPSA) is 67.1 Å². The van der Waals surface area contributed by atoms with Crippen molar-refractivity contribution < 1.29 is 0 Å². The van der Waals surface area contributed by atoms with E-state index in [9.17, 15) is 0 Å². The summed E-state index contributed by atoms with van der Waals surface area (Å²) in [7, 11) is 4.08. The smallest absolute Gasteiger partial charge is 0.222 e. The van der Waals surface area contributed by atoms with Crippen LogP contribution in [0.15, 0.2) is 71.2 Å². The maximum absolute atomic E-state index is 5.93. The van der Waals surface area contributed by atoms with Gasteiger partial charge in [0, 0.05) is 35.3 Å². The number of rotatable bonds is 4. The second kappa shape index (κ2) is 7.48. The van der Waals surface area contributed by atoms with Crippen LogP contribution < -0.4 is 16.0 Å². The molecule has 1 heterocycles. The zero-order chi connectivity index (χ0) is 19.7. The highest BCUT2D eigenvalue weighted by atomic mass is 79.9. The van der Waals surface area contributed by atoms with Crippen molar-refractivity contribution in [3.05, 3.63) is 71.2 Å². The summed E-state index contributed by atoms with van der Waals surface area (Å²) in [5.74, 6) is 0.929. The lowest BCUT2D eigenvalue weighted by Crippen LogP contribution is -2.08. The van der Waals surface area contributed by atoms with Crippen molar-refractivity contribution in [3.8, 4) is 11.1 Å². The summed E-state index contributed by atoms with van der Waals surface area (Å²) in [5, 5.41) is 4.29. The number of hydrogen-bond acceptors (Lipinski definition) is 5. The van der Waals surface area contributed by atoms with Gasteiger partial charge in [-0.1, -0.05) is 40.2 Å². The number of nitrogens with one attached hydrogen (secondary N) is 1. The highest BCUT2D eigenvalue weighted by Crippen LogP contribution is 2.31. The fourth-order valence-electron chi connectivity index (χ4n) is 3.09. The molecule has 3 N–H and O–H groups in total. The molecule has 0 saturated carbocycles. The number of nitrogen functional groups attached to an aromatic ring is 1. The van der Waals surface area contributed by atoms with Crippen molar-refractivity contribution in [2.75, 3.05) is 30.0 Å². The summed E-state index contributed by atoms with van der Waals surface area (Å²) in [5.41, 5.74) is 11.0. The van der Waals surface area contributed by atoms with Crippen LogP contribution in [0.4, 0.5) is 23.1 Å². The van der Waals surface area contributed by atoms with Crippen LogP contribution in [-0.2, 0) is 0 Å². The first-order chi connectivity index (χ1) is 13.5. The Morgan fingerprint density at radius 2 is 1.68 bits per heavy atom. The van der Waals surface area contributed by atoms with Crippen molar-refractivity contribution in [1.82, 2.24) is 9.97 Å². The summed E-state index contributed by atoms with van der Waals surface area (Å²) >= 11 is 3.50. The van der Waals surface area contributed by atoms with Crippen molar-refractivity contribution in [3.63, 3.8) is 0 Å². The first kappa shape index (κ1) is 18.3. The van der Waals surface area contributed by atoms with E-state index in [0.717, 1.165) is 37.9 Å². The minimum atomic E-state index is 0.243. The van der Waals surface area contributed by atoms with Crippen molar-refractivity contribution in [2.45, 2.75) is 0 Å². The van der Waals surface area contributed by atoms with Gasteiger partial charge in [0.15, 0.2) is 0 Å². The lowest BCUT2D eigenvalue weighted by molar-refractivity contribution is 1.13. The SMILES string of the molecule is CN(C)c1cccc(-c2ccc3nc(N)nc(Nc4cccc(Br)c4)c3c2)c1. The van der Waals surface area contributed by atoms with Gasteiger partial charge >= 0.3 is 0 Å². The summed E-state index contributed by atoms with van der Waals surface area (Å²) < 4.78 is 0.991. The Hall–Kier alpha value is -3.12. The predicted molar refractivity (Wildman–Crippen MR) is 121 cm³/mol. The molecule has 0 atom stereocenters. The van der Waals surface area contributed by atoms with E-state index in [0.29, 0.717) is 5.82 Å². The number of hydrogen-bond donors (Lipinski definition) is 2. The van der Waals surface area contributed by atoms with Crippen LogP contribution in [-0.4, -0.2) is 24.1 Å². The van der Waals surface area contributed by atoms with Crippen LogP contribution in [0.3, 0.4) is 0 Å². The summed E-state index contributed by atoms with van der Waals surface area (Å²) in [6.07, 6.45) is 0. The van der Waals surface area contributed by atoms with E-state index in [2.05, 4.69) is 72.5 Å². The molecular formula is C22H20BrN5. The van der Waals surface area contributed by atoms with Crippen LogP contribution >= 0.6 is 15.9 Å². The van der Waals surface area contributed by atoms with Gasteiger partial charge in [-0.25, -0.2) is 4.98 Å². The van der Waals surface area contributed by atoms with Gasteiger partial charge in [0.2, 0.25) is 5.95 Å². The molecule has 0 saturated heterocycles. The molecule has 0 fully saturated rings. The standard InChI is InChI=1S/C22H20BrN5/c1-28(2)18-8-3-5-14(11-18)15-9-10-20-19(12-15)21(27-22(24)26-20)25-17-7-4-6-16(23)13-17/h3-13H,1-2H3,(H3,24,25,26,27). The first-order valence-corrected chi connectivity index (χ1v) is 9.66. The van der Waals surface area contributed by atoms with Crippen LogP contribution in [0.25, 0.3) is 22.0 Å². The predicted octanol–water partition coefficient (Wildman–Crippen LogP) is 5.45. The highest BCUT2D eigenvalue weighted by molar-refractivity contribution is 9.10. The zero-order valence-corrected chi connectivity index (χ0v) is 17.2. The fraction of sp³-hybridized carbons (Fsp3) is 0.0909. The number of halogens is 1. The average Bonchev–Trinajstić information content (AvgIpc) is 2.68. The molecule has 1 aromatic heterocycles. The Bertz CT molecular complexity index is 1160.